The molecule has 96 valence electrons. The second-order valence-corrected chi connectivity index (χ2v) is 4.16. The van der Waals surface area contributed by atoms with Gasteiger partial charge in [0, 0.05) is 6.42 Å². The minimum Gasteiger partial charge on any atom is -0.492 e. The highest BCUT2D eigenvalue weighted by Gasteiger charge is 2.35. The molecule has 1 saturated heterocycles. The predicted octanol–water partition coefficient (Wildman–Crippen LogP) is -0.827. The number of hydrogen-bond donors (Lipinski definition) is 3. The van der Waals surface area contributed by atoms with Gasteiger partial charge in [0.25, 0.3) is 0 Å². The van der Waals surface area contributed by atoms with Crippen LogP contribution in [0.3, 0.4) is 0 Å². The van der Waals surface area contributed by atoms with E-state index >= 15 is 0 Å². The number of aromatic hydroxyl groups is 1. The molecule has 0 spiro atoms. The van der Waals surface area contributed by atoms with Gasteiger partial charge < -0.3 is 20.1 Å². The maximum atomic E-state index is 9.90. The first-order chi connectivity index (χ1) is 8.70. The van der Waals surface area contributed by atoms with Crippen LogP contribution in [0.4, 0.5) is 0 Å². The fourth-order valence-electron chi connectivity index (χ4n) is 2.12. The van der Waals surface area contributed by atoms with Gasteiger partial charge in [-0.3, -0.25) is 4.57 Å². The lowest BCUT2D eigenvalue weighted by Crippen LogP contribution is -2.19. The molecule has 0 aromatic carbocycles. The van der Waals surface area contributed by atoms with E-state index in [-0.39, 0.29) is 18.0 Å². The van der Waals surface area contributed by atoms with Crippen molar-refractivity contribution in [1.29, 1.82) is 0 Å². The van der Waals surface area contributed by atoms with Crippen molar-refractivity contribution in [3.63, 3.8) is 0 Å². The summed E-state index contributed by atoms with van der Waals surface area (Å²) in [5.74, 6) is -0.218. The minimum atomic E-state index is -0.753. The lowest BCUT2D eigenvalue weighted by Gasteiger charge is -2.16. The molecule has 0 radical (unpaired) electrons. The van der Waals surface area contributed by atoms with Crippen LogP contribution in [0, 0.1) is 0 Å². The number of hydrogen-bond acceptors (Lipinski definition) is 7. The molecule has 3 atom stereocenters. The molecular formula is C10H12N4O4. The third-order valence-electron chi connectivity index (χ3n) is 2.98. The predicted molar refractivity (Wildman–Crippen MR) is 58.6 cm³/mol. The van der Waals surface area contributed by atoms with E-state index in [0.717, 1.165) is 0 Å². The molecule has 1 fully saturated rings. The van der Waals surface area contributed by atoms with Crippen molar-refractivity contribution < 1.29 is 20.1 Å². The monoisotopic (exact) mass is 252 g/mol. The Bertz CT molecular complexity index is 572. The summed E-state index contributed by atoms with van der Waals surface area (Å²) < 4.78 is 7.02. The summed E-state index contributed by atoms with van der Waals surface area (Å²) in [4.78, 5) is 11.6. The number of ether oxygens (including phenoxy) is 1. The highest BCUT2D eigenvalue weighted by atomic mass is 16.5. The molecule has 0 amide bonds. The topological polar surface area (TPSA) is 114 Å². The number of aromatic nitrogens is 4. The van der Waals surface area contributed by atoms with Crippen molar-refractivity contribution in [3.05, 3.63) is 12.7 Å². The Hall–Kier alpha value is -1.77. The zero-order valence-electron chi connectivity index (χ0n) is 9.34. The number of aliphatic hydroxyl groups is 2. The third kappa shape index (κ3) is 1.62. The molecule has 3 rings (SSSR count). The van der Waals surface area contributed by atoms with E-state index in [2.05, 4.69) is 15.0 Å². The van der Waals surface area contributed by atoms with Crippen LogP contribution in [0.1, 0.15) is 12.6 Å². The molecule has 2 aromatic heterocycles. The molecule has 18 heavy (non-hydrogen) atoms. The molecule has 0 unspecified atom stereocenters. The molecule has 0 bridgehead atoms. The Balaban J connectivity index is 2.02. The van der Waals surface area contributed by atoms with Gasteiger partial charge in [-0.1, -0.05) is 0 Å². The summed E-state index contributed by atoms with van der Waals surface area (Å²) in [6, 6.07) is 0. The van der Waals surface area contributed by atoms with Gasteiger partial charge in [-0.05, 0) is 0 Å². The molecule has 0 saturated carbocycles. The molecule has 8 heteroatoms. The zero-order valence-corrected chi connectivity index (χ0v) is 9.34. The number of rotatable bonds is 2. The van der Waals surface area contributed by atoms with E-state index in [9.17, 15) is 10.2 Å². The first kappa shape index (κ1) is 11.3. The Labute approximate surface area is 102 Å². The minimum absolute atomic E-state index is 0.152. The van der Waals surface area contributed by atoms with Crippen LogP contribution >= 0.6 is 0 Å². The van der Waals surface area contributed by atoms with Gasteiger partial charge in [0.05, 0.1) is 19.0 Å². The molecule has 3 N–H and O–H groups in total. The summed E-state index contributed by atoms with van der Waals surface area (Å²) in [6.45, 7) is -0.152. The largest absolute Gasteiger partial charge is 0.492 e. The normalized spacial score (nSPS) is 28.0. The van der Waals surface area contributed by atoms with Crippen LogP contribution < -0.4 is 0 Å². The second-order valence-electron chi connectivity index (χ2n) is 4.16. The average molecular weight is 252 g/mol. The van der Waals surface area contributed by atoms with Crippen LogP contribution in [0.5, 0.6) is 5.88 Å². The van der Waals surface area contributed by atoms with E-state index in [4.69, 9.17) is 9.84 Å². The lowest BCUT2D eigenvalue weighted by atomic mass is 10.2. The zero-order chi connectivity index (χ0) is 12.7. The van der Waals surface area contributed by atoms with Crippen LogP contribution in [-0.4, -0.2) is 53.7 Å². The van der Waals surface area contributed by atoms with E-state index in [0.29, 0.717) is 12.1 Å². The SMILES string of the molecule is OC[C@@H]1C[C@@H](O)[C@H](n2cnc3c(O)ncnc32)O1. The number of aliphatic hydroxyl groups excluding tert-OH is 2. The van der Waals surface area contributed by atoms with Crippen molar-refractivity contribution >= 4 is 11.2 Å². The Morgan fingerprint density at radius 3 is 2.94 bits per heavy atom. The molecule has 0 aliphatic carbocycles. The van der Waals surface area contributed by atoms with Gasteiger partial charge >= 0.3 is 0 Å². The Morgan fingerprint density at radius 2 is 2.22 bits per heavy atom. The van der Waals surface area contributed by atoms with Crippen molar-refractivity contribution in [1.82, 2.24) is 19.5 Å². The molecule has 3 heterocycles. The van der Waals surface area contributed by atoms with Gasteiger partial charge in [0.2, 0.25) is 5.88 Å². The Kier molecular flexibility index (Phi) is 2.62. The van der Waals surface area contributed by atoms with Crippen molar-refractivity contribution in [3.8, 4) is 5.88 Å². The van der Waals surface area contributed by atoms with E-state index < -0.39 is 18.4 Å². The summed E-state index contributed by atoms with van der Waals surface area (Å²) in [5, 5.41) is 28.5. The summed E-state index contributed by atoms with van der Waals surface area (Å²) in [6.07, 6.45) is 1.15. The van der Waals surface area contributed by atoms with Gasteiger partial charge in [0.1, 0.15) is 12.4 Å². The fourth-order valence-corrected chi connectivity index (χ4v) is 2.12. The second kappa shape index (κ2) is 4.16. The summed E-state index contributed by atoms with van der Waals surface area (Å²) in [7, 11) is 0. The quantitative estimate of drug-likeness (QED) is 0.639. The average Bonchev–Trinajstić information content (AvgIpc) is 2.93. The van der Waals surface area contributed by atoms with Crippen LogP contribution in [0.2, 0.25) is 0 Å². The highest BCUT2D eigenvalue weighted by molar-refractivity contribution is 5.75. The van der Waals surface area contributed by atoms with E-state index in [1.807, 2.05) is 0 Å². The Morgan fingerprint density at radius 1 is 1.39 bits per heavy atom. The van der Waals surface area contributed by atoms with Crippen LogP contribution in [0.15, 0.2) is 12.7 Å². The smallest absolute Gasteiger partial charge is 0.242 e. The fraction of sp³-hybridized carbons (Fsp3) is 0.500. The first-order valence-electron chi connectivity index (χ1n) is 5.51. The van der Waals surface area contributed by atoms with Gasteiger partial charge in [0.15, 0.2) is 17.4 Å². The lowest BCUT2D eigenvalue weighted by molar-refractivity contribution is -0.0486. The number of nitrogens with zero attached hydrogens (tertiary/aromatic N) is 4. The number of fused-ring (bicyclic) bond motifs is 1. The first-order valence-corrected chi connectivity index (χ1v) is 5.51. The van der Waals surface area contributed by atoms with Crippen molar-refractivity contribution in [2.75, 3.05) is 6.61 Å². The third-order valence-corrected chi connectivity index (χ3v) is 2.98. The molecule has 1 aliphatic heterocycles. The van der Waals surface area contributed by atoms with Gasteiger partial charge in [-0.25, -0.2) is 9.97 Å². The van der Waals surface area contributed by atoms with Gasteiger partial charge in [-0.15, -0.1) is 0 Å². The summed E-state index contributed by atoms with van der Waals surface area (Å²) >= 11 is 0. The summed E-state index contributed by atoms with van der Waals surface area (Å²) in [5.41, 5.74) is 0.630. The van der Waals surface area contributed by atoms with Crippen molar-refractivity contribution in [2.24, 2.45) is 0 Å². The van der Waals surface area contributed by atoms with Crippen LogP contribution in [0.25, 0.3) is 11.2 Å². The van der Waals surface area contributed by atoms with E-state index in [1.54, 1.807) is 0 Å². The van der Waals surface area contributed by atoms with E-state index in [1.165, 1.54) is 17.2 Å². The molecular weight excluding hydrogens is 240 g/mol. The molecule has 1 aliphatic rings. The van der Waals surface area contributed by atoms with Gasteiger partial charge in [-0.2, -0.15) is 4.98 Å². The maximum Gasteiger partial charge on any atom is 0.242 e. The van der Waals surface area contributed by atoms with Crippen molar-refractivity contribution in [2.45, 2.75) is 24.9 Å². The molecule has 8 nitrogen and oxygen atoms in total. The number of imidazole rings is 1. The standard InChI is InChI=1S/C10H12N4O4/c15-2-5-1-6(16)10(18-5)14-4-13-7-8(14)11-3-12-9(7)17/h3-6,10,15-16H,1-2H2,(H,11,12,17)/t5-,6+,10+/m0/s1. The maximum absolute atomic E-state index is 9.90. The van der Waals surface area contributed by atoms with Crippen LogP contribution in [-0.2, 0) is 4.74 Å². The molecule has 2 aromatic rings. The highest BCUT2D eigenvalue weighted by Crippen LogP contribution is 2.31.